The second kappa shape index (κ2) is 9.01. The van der Waals surface area contributed by atoms with Crippen LogP contribution in [0, 0.1) is 5.82 Å². The van der Waals surface area contributed by atoms with Crippen LogP contribution in [0.5, 0.6) is 11.6 Å². The fourth-order valence-corrected chi connectivity index (χ4v) is 2.52. The smallest absolute Gasteiger partial charge is 0.319 e. The standard InChI is InChI=1S/C20H20FN3O4/c1-13(11-17(25)18-3-2-10-27-18)23-20(26)24-15-6-9-19(22-12-15)28-16-7-4-14(21)5-8-16/h2-10,12-13,17,25H,11H2,1H3,(H2,23,24,26)/t13-,17+/m1/s1. The molecule has 8 heteroatoms. The van der Waals surface area contributed by atoms with Crippen LogP contribution in [0.4, 0.5) is 14.9 Å². The SMILES string of the molecule is C[C@H](C[C@H](O)c1ccco1)NC(=O)Nc1ccc(Oc2ccc(F)cc2)nc1. The third kappa shape index (κ3) is 5.55. The Balaban J connectivity index is 1.47. The van der Waals surface area contributed by atoms with Crippen LogP contribution in [0.25, 0.3) is 0 Å². The number of urea groups is 1. The first kappa shape index (κ1) is 19.4. The number of aromatic nitrogens is 1. The number of carbonyl (C=O) groups is 1. The van der Waals surface area contributed by atoms with Crippen molar-refractivity contribution in [3.63, 3.8) is 0 Å². The first-order valence-electron chi connectivity index (χ1n) is 8.68. The zero-order valence-electron chi connectivity index (χ0n) is 15.1. The Morgan fingerprint density at radius 2 is 2.04 bits per heavy atom. The summed E-state index contributed by atoms with van der Waals surface area (Å²) < 4.78 is 23.5. The highest BCUT2D eigenvalue weighted by atomic mass is 19.1. The largest absolute Gasteiger partial charge is 0.467 e. The molecular formula is C20H20FN3O4. The highest BCUT2D eigenvalue weighted by Gasteiger charge is 2.16. The van der Waals surface area contributed by atoms with Crippen LogP contribution >= 0.6 is 0 Å². The quantitative estimate of drug-likeness (QED) is 0.565. The number of amides is 2. The maximum Gasteiger partial charge on any atom is 0.319 e. The van der Waals surface area contributed by atoms with Crippen LogP contribution in [-0.2, 0) is 0 Å². The molecule has 3 N–H and O–H groups in total. The molecule has 146 valence electrons. The molecule has 0 aliphatic heterocycles. The third-order valence-electron chi connectivity index (χ3n) is 3.86. The van der Waals surface area contributed by atoms with Gasteiger partial charge in [0.25, 0.3) is 0 Å². The van der Waals surface area contributed by atoms with Gasteiger partial charge in [0.05, 0.1) is 18.1 Å². The molecular weight excluding hydrogens is 365 g/mol. The van der Waals surface area contributed by atoms with Crippen LogP contribution < -0.4 is 15.4 Å². The number of nitrogens with one attached hydrogen (secondary N) is 2. The van der Waals surface area contributed by atoms with E-state index in [0.29, 0.717) is 29.5 Å². The van der Waals surface area contributed by atoms with E-state index in [1.165, 1.54) is 36.7 Å². The molecule has 0 radical (unpaired) electrons. The van der Waals surface area contributed by atoms with Crippen molar-refractivity contribution in [1.29, 1.82) is 0 Å². The molecule has 3 rings (SSSR count). The van der Waals surface area contributed by atoms with Gasteiger partial charge in [-0.05, 0) is 49.4 Å². The number of halogens is 1. The highest BCUT2D eigenvalue weighted by molar-refractivity contribution is 5.89. The van der Waals surface area contributed by atoms with Gasteiger partial charge >= 0.3 is 6.03 Å². The number of hydrogen-bond donors (Lipinski definition) is 3. The predicted molar refractivity (Wildman–Crippen MR) is 101 cm³/mol. The molecule has 7 nitrogen and oxygen atoms in total. The van der Waals surface area contributed by atoms with Crippen LogP contribution in [0.3, 0.4) is 0 Å². The van der Waals surface area contributed by atoms with E-state index in [-0.39, 0.29) is 11.9 Å². The van der Waals surface area contributed by atoms with Gasteiger partial charge < -0.3 is 24.9 Å². The van der Waals surface area contributed by atoms with Gasteiger partial charge in [0.1, 0.15) is 23.4 Å². The molecule has 0 aliphatic carbocycles. The second-order valence-electron chi connectivity index (χ2n) is 6.21. The molecule has 28 heavy (non-hydrogen) atoms. The van der Waals surface area contributed by atoms with E-state index in [9.17, 15) is 14.3 Å². The van der Waals surface area contributed by atoms with E-state index >= 15 is 0 Å². The highest BCUT2D eigenvalue weighted by Crippen LogP contribution is 2.21. The van der Waals surface area contributed by atoms with E-state index < -0.39 is 12.1 Å². The number of nitrogens with zero attached hydrogens (tertiary/aromatic N) is 1. The van der Waals surface area contributed by atoms with Gasteiger partial charge in [-0.25, -0.2) is 14.2 Å². The molecule has 0 saturated heterocycles. The summed E-state index contributed by atoms with van der Waals surface area (Å²) in [5, 5.41) is 15.4. The summed E-state index contributed by atoms with van der Waals surface area (Å²) in [6, 6.07) is 11.5. The number of hydrogen-bond acceptors (Lipinski definition) is 5. The lowest BCUT2D eigenvalue weighted by Crippen LogP contribution is -2.37. The monoisotopic (exact) mass is 385 g/mol. The van der Waals surface area contributed by atoms with Crippen LogP contribution in [-0.4, -0.2) is 22.2 Å². The number of aliphatic hydroxyl groups is 1. The Hall–Kier alpha value is -3.39. The summed E-state index contributed by atoms with van der Waals surface area (Å²) in [6.07, 6.45) is 2.44. The van der Waals surface area contributed by atoms with E-state index in [1.54, 1.807) is 31.2 Å². The van der Waals surface area contributed by atoms with Crippen molar-refractivity contribution in [2.45, 2.75) is 25.5 Å². The minimum absolute atomic E-state index is 0.283. The molecule has 2 aromatic heterocycles. The van der Waals surface area contributed by atoms with Crippen LogP contribution in [0.2, 0.25) is 0 Å². The molecule has 0 fully saturated rings. The Bertz CT molecular complexity index is 883. The summed E-state index contributed by atoms with van der Waals surface area (Å²) in [5.74, 6) is 0.871. The Morgan fingerprint density at radius 3 is 2.68 bits per heavy atom. The second-order valence-corrected chi connectivity index (χ2v) is 6.21. The van der Waals surface area contributed by atoms with Crippen molar-refractivity contribution in [1.82, 2.24) is 10.3 Å². The fraction of sp³-hybridized carbons (Fsp3) is 0.200. The van der Waals surface area contributed by atoms with Crippen molar-refractivity contribution < 1.29 is 23.4 Å². The zero-order chi connectivity index (χ0) is 19.9. The lowest BCUT2D eigenvalue weighted by Gasteiger charge is -2.17. The van der Waals surface area contributed by atoms with Gasteiger partial charge in [0, 0.05) is 18.5 Å². The molecule has 0 unspecified atom stereocenters. The topological polar surface area (TPSA) is 96.6 Å². The van der Waals surface area contributed by atoms with Crippen molar-refractivity contribution in [3.05, 3.63) is 72.6 Å². The first-order chi connectivity index (χ1) is 13.5. The number of aliphatic hydroxyl groups excluding tert-OH is 1. The number of ether oxygens (including phenoxy) is 1. The van der Waals surface area contributed by atoms with Crippen molar-refractivity contribution >= 4 is 11.7 Å². The number of anilines is 1. The summed E-state index contributed by atoms with van der Waals surface area (Å²) in [4.78, 5) is 16.2. The number of rotatable bonds is 7. The van der Waals surface area contributed by atoms with Crippen molar-refractivity contribution in [2.24, 2.45) is 0 Å². The van der Waals surface area contributed by atoms with Crippen LogP contribution in [0.1, 0.15) is 25.2 Å². The summed E-state index contributed by atoms with van der Waals surface area (Å²) in [7, 11) is 0. The van der Waals surface area contributed by atoms with E-state index in [1.807, 2.05) is 0 Å². The average Bonchev–Trinajstić information content (AvgIpc) is 3.20. The molecule has 2 amide bonds. The lowest BCUT2D eigenvalue weighted by atomic mass is 10.1. The maximum absolute atomic E-state index is 12.9. The van der Waals surface area contributed by atoms with Gasteiger partial charge in [0.2, 0.25) is 5.88 Å². The van der Waals surface area contributed by atoms with Crippen LogP contribution in [0.15, 0.2) is 65.4 Å². The van der Waals surface area contributed by atoms with E-state index in [2.05, 4.69) is 15.6 Å². The molecule has 0 saturated carbocycles. The van der Waals surface area contributed by atoms with Gasteiger partial charge in [-0.3, -0.25) is 0 Å². The Labute approximate surface area is 161 Å². The number of pyridine rings is 1. The molecule has 2 atom stereocenters. The first-order valence-corrected chi connectivity index (χ1v) is 8.68. The van der Waals surface area contributed by atoms with Gasteiger partial charge in [0.15, 0.2) is 0 Å². The molecule has 2 heterocycles. The Kier molecular flexibility index (Phi) is 6.23. The molecule has 1 aromatic carbocycles. The van der Waals surface area contributed by atoms with Crippen molar-refractivity contribution in [3.8, 4) is 11.6 Å². The third-order valence-corrected chi connectivity index (χ3v) is 3.86. The fourth-order valence-electron chi connectivity index (χ4n) is 2.52. The minimum Gasteiger partial charge on any atom is -0.467 e. The Morgan fingerprint density at radius 1 is 1.25 bits per heavy atom. The lowest BCUT2D eigenvalue weighted by molar-refractivity contribution is 0.130. The number of furan rings is 1. The number of carbonyl (C=O) groups excluding carboxylic acids is 1. The zero-order valence-corrected chi connectivity index (χ0v) is 15.1. The van der Waals surface area contributed by atoms with Crippen molar-refractivity contribution in [2.75, 3.05) is 5.32 Å². The predicted octanol–water partition coefficient (Wildman–Crippen LogP) is 4.24. The van der Waals surface area contributed by atoms with Gasteiger partial charge in [-0.1, -0.05) is 0 Å². The molecule has 0 aliphatic rings. The van der Waals surface area contributed by atoms with Gasteiger partial charge in [-0.15, -0.1) is 0 Å². The number of benzene rings is 1. The molecule has 0 spiro atoms. The maximum atomic E-state index is 12.9. The van der Waals surface area contributed by atoms with E-state index in [0.717, 1.165) is 0 Å². The average molecular weight is 385 g/mol. The normalized spacial score (nSPS) is 12.8. The minimum atomic E-state index is -0.796. The van der Waals surface area contributed by atoms with Gasteiger partial charge in [-0.2, -0.15) is 0 Å². The summed E-state index contributed by atoms with van der Waals surface area (Å²) in [6.45, 7) is 1.78. The molecule has 0 bridgehead atoms. The summed E-state index contributed by atoms with van der Waals surface area (Å²) >= 11 is 0. The molecule has 3 aromatic rings. The summed E-state index contributed by atoms with van der Waals surface area (Å²) in [5.41, 5.74) is 0.475. The van der Waals surface area contributed by atoms with E-state index in [4.69, 9.17) is 9.15 Å².